The van der Waals surface area contributed by atoms with Gasteiger partial charge in [-0.2, -0.15) is 0 Å². The van der Waals surface area contributed by atoms with Crippen molar-refractivity contribution in [3.05, 3.63) is 27.8 Å². The third kappa shape index (κ3) is 4.61. The van der Waals surface area contributed by atoms with E-state index in [1.165, 1.54) is 23.6 Å². The summed E-state index contributed by atoms with van der Waals surface area (Å²) in [5.74, 6) is -1.89. The molecule has 1 aromatic rings. The number of rotatable bonds is 5. The monoisotopic (exact) mass is 547 g/mol. The molecule has 3 atom stereocenters. The number of carbonyl (C=O) groups excluding carboxylic acids is 5. The Bertz CT molecular complexity index is 918. The fourth-order valence-corrected chi connectivity index (χ4v) is 6.70. The van der Waals surface area contributed by atoms with Crippen LogP contribution >= 0.6 is 11.8 Å². The summed E-state index contributed by atoms with van der Waals surface area (Å²) >= 11 is 0.310. The number of esters is 3. The van der Waals surface area contributed by atoms with Crippen molar-refractivity contribution in [3.8, 4) is 5.75 Å². The number of ether oxygens (including phenoxy) is 2. The van der Waals surface area contributed by atoms with Gasteiger partial charge in [0, 0.05) is 0 Å². The summed E-state index contributed by atoms with van der Waals surface area (Å²) in [7, 11) is 0. The zero-order chi connectivity index (χ0) is 22.2. The molecule has 0 bridgehead atoms. The number of fused-ring (bicyclic) bond motifs is 1. The Kier molecular flexibility index (Phi) is 6.41. The molecule has 162 valence electrons. The molecule has 2 heterocycles. The molecule has 3 rings (SSSR count). The van der Waals surface area contributed by atoms with Crippen LogP contribution in [0.15, 0.2) is 24.3 Å². The first-order chi connectivity index (χ1) is 14.0. The zero-order valence-electron chi connectivity index (χ0n) is 16.6. The second kappa shape index (κ2) is 8.53. The summed E-state index contributed by atoms with van der Waals surface area (Å²) in [5.41, 5.74) is 0. The number of hydrogen-bond acceptors (Lipinski definition) is 8. The van der Waals surface area contributed by atoms with Crippen LogP contribution in [0.4, 0.5) is 4.79 Å². The number of nitrogens with zero attached hydrogens (tertiary/aromatic N) is 1. The van der Waals surface area contributed by atoms with Crippen molar-refractivity contribution < 1.29 is 54.7 Å². The van der Waals surface area contributed by atoms with Gasteiger partial charge in [-0.05, 0) is 0 Å². The number of nitrogens with one attached hydrogen (secondary N) is 1. The average molecular weight is 547 g/mol. The van der Waals surface area contributed by atoms with Crippen LogP contribution in [-0.2, 0) is 23.9 Å². The van der Waals surface area contributed by atoms with E-state index in [0.717, 1.165) is 10.5 Å². The van der Waals surface area contributed by atoms with Crippen LogP contribution in [0.3, 0.4) is 0 Å². The summed E-state index contributed by atoms with van der Waals surface area (Å²) in [6.07, 6.45) is 0. The second-order valence-electron chi connectivity index (χ2n) is 7.21. The van der Waals surface area contributed by atoms with Gasteiger partial charge in [-0.1, -0.05) is 0 Å². The molecular formula is C19H20IN2O7S-. The van der Waals surface area contributed by atoms with Gasteiger partial charge in [-0.15, -0.1) is 0 Å². The molecule has 30 heavy (non-hydrogen) atoms. The van der Waals surface area contributed by atoms with E-state index in [-0.39, 0.29) is 9.82 Å². The van der Waals surface area contributed by atoms with Crippen molar-refractivity contribution in [2.75, 3.05) is 0 Å². The van der Waals surface area contributed by atoms with Crippen molar-refractivity contribution in [3.63, 3.8) is 0 Å². The van der Waals surface area contributed by atoms with E-state index in [4.69, 9.17) is 9.47 Å². The van der Waals surface area contributed by atoms with Crippen LogP contribution in [0.5, 0.6) is 5.75 Å². The molecule has 1 aromatic carbocycles. The molecule has 0 radical (unpaired) electrons. The first kappa shape index (κ1) is 22.5. The maximum absolute atomic E-state index is 12.6. The molecule has 0 spiro atoms. The fourth-order valence-electron chi connectivity index (χ4n) is 3.30. The number of amides is 2. The fraction of sp³-hybridized carbons (Fsp3) is 0.421. The molecule has 9 nitrogen and oxygen atoms in total. The predicted octanol–water partition coefficient (Wildman–Crippen LogP) is -1.90. The Balaban J connectivity index is 1.61. The van der Waals surface area contributed by atoms with Gasteiger partial charge in [0.05, 0.1) is 0 Å². The van der Waals surface area contributed by atoms with E-state index < -0.39 is 61.3 Å². The molecule has 0 saturated carbocycles. The van der Waals surface area contributed by atoms with Gasteiger partial charge in [-0.3, -0.25) is 0 Å². The number of halogens is 1. The van der Waals surface area contributed by atoms with Gasteiger partial charge >= 0.3 is 188 Å². The van der Waals surface area contributed by atoms with Gasteiger partial charge in [-0.25, -0.2) is 0 Å². The summed E-state index contributed by atoms with van der Waals surface area (Å²) in [6.45, 7) is 6.03. The van der Waals surface area contributed by atoms with Crippen molar-refractivity contribution in [2.24, 2.45) is 0 Å². The number of carbonyl (C=O) groups is 5. The molecule has 1 N–H and O–H groups in total. The summed E-state index contributed by atoms with van der Waals surface area (Å²) < 4.78 is 9.57. The Morgan fingerprint density at radius 2 is 1.73 bits per heavy atom. The first-order valence-corrected chi connectivity index (χ1v) is 12.0. The average Bonchev–Trinajstić information content (AvgIpc) is 2.88. The summed E-state index contributed by atoms with van der Waals surface area (Å²) in [4.78, 5) is 60.9. The minimum atomic E-state index is -1.08. The van der Waals surface area contributed by atoms with Crippen LogP contribution in [0.25, 0.3) is 0 Å². The van der Waals surface area contributed by atoms with Crippen LogP contribution < -0.4 is 31.3 Å². The number of thioether (sulfide) groups is 1. The molecule has 2 saturated heterocycles. The van der Waals surface area contributed by atoms with Gasteiger partial charge < -0.3 is 0 Å². The molecule has 2 aliphatic heterocycles. The second-order valence-corrected chi connectivity index (χ2v) is 11.7. The third-order valence-electron chi connectivity index (χ3n) is 4.45. The molecule has 0 aromatic heterocycles. The van der Waals surface area contributed by atoms with E-state index in [9.17, 15) is 24.0 Å². The Labute approximate surface area is 187 Å². The third-order valence-corrected chi connectivity index (χ3v) is 8.16. The van der Waals surface area contributed by atoms with Gasteiger partial charge in [0.25, 0.3) is 0 Å². The zero-order valence-corrected chi connectivity index (χ0v) is 19.6. The standard InChI is InChI=1S/C19H20IN2O7S/c1-9(23)28-12-7-5-11(6-8-12)20-18(27)21-13-15(25)22-14(17(26)29-10(2)24)19(3,4)30-16(13)22/h5-8,13-14,16H,1-4H3,(H,21,27)/q-1/t13-,14+,16?/m1/s1. The summed E-state index contributed by atoms with van der Waals surface area (Å²) in [6, 6.07) is 5.03. The molecule has 1 unspecified atom stereocenters. The van der Waals surface area contributed by atoms with Crippen LogP contribution in [-0.4, -0.2) is 54.8 Å². The molecular weight excluding hydrogens is 527 g/mol. The quantitative estimate of drug-likeness (QED) is 0.0865. The molecule has 2 amide bonds. The van der Waals surface area contributed by atoms with Crippen molar-refractivity contribution in [1.82, 2.24) is 10.2 Å². The molecule has 0 aliphatic carbocycles. The molecule has 2 fully saturated rings. The first-order valence-electron chi connectivity index (χ1n) is 8.95. The Morgan fingerprint density at radius 1 is 1.10 bits per heavy atom. The van der Waals surface area contributed by atoms with E-state index in [1.54, 1.807) is 38.1 Å². The van der Waals surface area contributed by atoms with E-state index in [1.807, 2.05) is 0 Å². The summed E-state index contributed by atoms with van der Waals surface area (Å²) in [5, 5.41) is 2.37. The maximum atomic E-state index is 12.6. The SMILES string of the molecule is CC(=O)OC(=O)[C@@H]1N2C(=O)[C@@H](NC(=O)[I-]c3ccc(OC(C)=O)cc3)C2SC1(C)C. The van der Waals surface area contributed by atoms with Crippen molar-refractivity contribution in [2.45, 2.75) is 49.9 Å². The number of hydrogen-bond donors (Lipinski definition) is 1. The topological polar surface area (TPSA) is 119 Å². The van der Waals surface area contributed by atoms with Crippen molar-refractivity contribution in [1.29, 1.82) is 0 Å². The molecule has 2 aliphatic rings. The van der Waals surface area contributed by atoms with E-state index >= 15 is 0 Å². The normalized spacial score (nSPS) is 23.9. The van der Waals surface area contributed by atoms with Crippen LogP contribution in [0.2, 0.25) is 0 Å². The molecule has 11 heteroatoms. The van der Waals surface area contributed by atoms with E-state index in [2.05, 4.69) is 5.32 Å². The van der Waals surface area contributed by atoms with Gasteiger partial charge in [0.2, 0.25) is 0 Å². The van der Waals surface area contributed by atoms with Crippen LogP contribution in [0.1, 0.15) is 27.7 Å². The van der Waals surface area contributed by atoms with Crippen LogP contribution in [0, 0.1) is 3.57 Å². The number of benzene rings is 1. The minimum absolute atomic E-state index is 0.236. The predicted molar refractivity (Wildman–Crippen MR) is 102 cm³/mol. The van der Waals surface area contributed by atoms with Crippen molar-refractivity contribution >= 4 is 39.5 Å². The van der Waals surface area contributed by atoms with E-state index in [0.29, 0.717) is 5.75 Å². The number of β-lactam (4-membered cyclic amide) rings is 1. The van der Waals surface area contributed by atoms with Gasteiger partial charge in [0.1, 0.15) is 0 Å². The van der Waals surface area contributed by atoms with Gasteiger partial charge in [0.15, 0.2) is 0 Å². The Morgan fingerprint density at radius 3 is 2.30 bits per heavy atom. The Hall–Kier alpha value is -2.15.